The predicted molar refractivity (Wildman–Crippen MR) is 104 cm³/mol. The number of nitro benzene ring substituents is 1. The molecule has 1 aliphatic rings. The van der Waals surface area contributed by atoms with Gasteiger partial charge >= 0.3 is 6.18 Å². The van der Waals surface area contributed by atoms with Gasteiger partial charge in [-0.1, -0.05) is 29.0 Å². The zero-order valence-electron chi connectivity index (χ0n) is 14.9. The number of nitrogens with zero attached hydrogens (tertiary/aromatic N) is 3. The number of hydrogen-bond acceptors (Lipinski definition) is 4. The number of nitro groups is 1. The molecule has 0 aliphatic carbocycles. The van der Waals surface area contributed by atoms with Gasteiger partial charge in [0.05, 0.1) is 11.6 Å². The summed E-state index contributed by atoms with van der Waals surface area (Å²) in [5.74, 6) is 0. The normalized spacial score (nSPS) is 17.7. The Kier molecular flexibility index (Phi) is 6.75. The molecule has 1 saturated heterocycles. The molecule has 26 heavy (non-hydrogen) atoms. The van der Waals surface area contributed by atoms with Gasteiger partial charge in [0.15, 0.2) is 0 Å². The molecule has 2 rings (SSSR count). The van der Waals surface area contributed by atoms with Gasteiger partial charge in [-0.05, 0) is 43.2 Å². The second kappa shape index (κ2) is 8.28. The van der Waals surface area contributed by atoms with Gasteiger partial charge < -0.3 is 4.90 Å². The molecular formula is C17H23F3IN3O2. The van der Waals surface area contributed by atoms with E-state index in [1.54, 1.807) is 0 Å². The number of rotatable bonds is 7. The zero-order chi connectivity index (χ0) is 19.5. The molecule has 0 aromatic heterocycles. The van der Waals surface area contributed by atoms with Crippen LogP contribution in [0.5, 0.6) is 0 Å². The Morgan fingerprint density at radius 3 is 2.54 bits per heavy atom. The lowest BCUT2D eigenvalue weighted by atomic mass is 10.0. The summed E-state index contributed by atoms with van der Waals surface area (Å²) < 4.78 is 40.7. The SMILES string of the molecule is CC1(C)CN(c2ccc([N+](=O)[O-])c(C(F)(F)F)c2)CN1CCCCCI. The first-order valence-electron chi connectivity index (χ1n) is 8.48. The minimum Gasteiger partial charge on any atom is -0.357 e. The van der Waals surface area contributed by atoms with Crippen molar-refractivity contribution in [3.8, 4) is 0 Å². The van der Waals surface area contributed by atoms with E-state index in [4.69, 9.17) is 0 Å². The topological polar surface area (TPSA) is 49.6 Å². The summed E-state index contributed by atoms with van der Waals surface area (Å²) >= 11 is 2.35. The molecule has 1 aliphatic heterocycles. The third kappa shape index (κ3) is 4.99. The molecule has 1 aromatic rings. The van der Waals surface area contributed by atoms with Gasteiger partial charge in [-0.15, -0.1) is 0 Å². The number of halogens is 4. The van der Waals surface area contributed by atoms with Crippen LogP contribution in [0.25, 0.3) is 0 Å². The van der Waals surface area contributed by atoms with E-state index < -0.39 is 22.4 Å². The first-order valence-corrected chi connectivity index (χ1v) is 10.0. The quantitative estimate of drug-likeness (QED) is 0.178. The Morgan fingerprint density at radius 1 is 1.27 bits per heavy atom. The highest BCUT2D eigenvalue weighted by Crippen LogP contribution is 2.39. The van der Waals surface area contributed by atoms with Crippen molar-refractivity contribution in [3.05, 3.63) is 33.9 Å². The first-order chi connectivity index (χ1) is 12.1. The number of benzene rings is 1. The Bertz CT molecular complexity index is 653. The number of unbranched alkanes of at least 4 members (excludes halogenated alkanes) is 2. The van der Waals surface area contributed by atoms with Crippen molar-refractivity contribution < 1.29 is 18.1 Å². The minimum absolute atomic E-state index is 0.162. The summed E-state index contributed by atoms with van der Waals surface area (Å²) in [6, 6.07) is 3.26. The lowest BCUT2D eigenvalue weighted by molar-refractivity contribution is -0.388. The Balaban J connectivity index is 2.20. The van der Waals surface area contributed by atoms with Crippen LogP contribution in [0.15, 0.2) is 18.2 Å². The number of hydrogen-bond donors (Lipinski definition) is 0. The fraction of sp³-hybridized carbons (Fsp3) is 0.647. The van der Waals surface area contributed by atoms with Gasteiger partial charge in [-0.2, -0.15) is 13.2 Å². The van der Waals surface area contributed by atoms with Gasteiger partial charge in [-0.3, -0.25) is 15.0 Å². The minimum atomic E-state index is -4.76. The van der Waals surface area contributed by atoms with E-state index in [0.29, 0.717) is 18.9 Å². The van der Waals surface area contributed by atoms with Crippen molar-refractivity contribution in [1.82, 2.24) is 4.90 Å². The maximum atomic E-state index is 13.2. The van der Waals surface area contributed by atoms with E-state index >= 15 is 0 Å². The smallest absolute Gasteiger partial charge is 0.357 e. The Morgan fingerprint density at radius 2 is 1.96 bits per heavy atom. The molecular weight excluding hydrogens is 462 g/mol. The van der Waals surface area contributed by atoms with Gasteiger partial charge in [-0.25, -0.2) is 0 Å². The van der Waals surface area contributed by atoms with E-state index in [2.05, 4.69) is 41.3 Å². The largest absolute Gasteiger partial charge is 0.423 e. The van der Waals surface area contributed by atoms with E-state index in [1.807, 2.05) is 4.90 Å². The molecule has 9 heteroatoms. The average molecular weight is 485 g/mol. The Labute approximate surface area is 164 Å². The van der Waals surface area contributed by atoms with Gasteiger partial charge in [0.2, 0.25) is 0 Å². The van der Waals surface area contributed by atoms with Crippen molar-refractivity contribution in [3.63, 3.8) is 0 Å². The Hall–Kier alpha value is -1.10. The molecule has 0 atom stereocenters. The van der Waals surface area contributed by atoms with Crippen LogP contribution in [0.1, 0.15) is 38.7 Å². The van der Waals surface area contributed by atoms with E-state index in [9.17, 15) is 23.3 Å². The van der Waals surface area contributed by atoms with Crippen LogP contribution in [0.3, 0.4) is 0 Å². The van der Waals surface area contributed by atoms with Gasteiger partial charge in [0, 0.05) is 30.4 Å². The fourth-order valence-electron chi connectivity index (χ4n) is 3.24. The fourth-order valence-corrected chi connectivity index (χ4v) is 3.78. The predicted octanol–water partition coefficient (Wildman–Crippen LogP) is 5.08. The number of anilines is 1. The van der Waals surface area contributed by atoms with Crippen molar-refractivity contribution in [1.29, 1.82) is 0 Å². The summed E-state index contributed by atoms with van der Waals surface area (Å²) in [6.07, 6.45) is -1.41. The molecule has 0 N–H and O–H groups in total. The summed E-state index contributed by atoms with van der Waals surface area (Å²) in [5, 5.41) is 10.9. The third-order valence-electron chi connectivity index (χ3n) is 4.68. The third-order valence-corrected chi connectivity index (χ3v) is 5.45. The summed E-state index contributed by atoms with van der Waals surface area (Å²) in [4.78, 5) is 14.0. The van der Waals surface area contributed by atoms with E-state index in [0.717, 1.165) is 42.4 Å². The lowest BCUT2D eigenvalue weighted by Crippen LogP contribution is -2.40. The highest BCUT2D eigenvalue weighted by atomic mass is 127. The van der Waals surface area contributed by atoms with Crippen molar-refractivity contribution in [2.24, 2.45) is 0 Å². The summed E-state index contributed by atoms with van der Waals surface area (Å²) in [7, 11) is 0. The second-order valence-corrected chi connectivity index (χ2v) is 8.20. The molecule has 0 spiro atoms. The average Bonchev–Trinajstić information content (AvgIpc) is 2.85. The maximum Gasteiger partial charge on any atom is 0.423 e. The summed E-state index contributed by atoms with van der Waals surface area (Å²) in [5.41, 5.74) is -1.90. The highest BCUT2D eigenvalue weighted by molar-refractivity contribution is 14.1. The molecule has 0 saturated carbocycles. The molecule has 1 heterocycles. The molecule has 146 valence electrons. The lowest BCUT2D eigenvalue weighted by Gasteiger charge is -2.29. The standard InChI is InChI=1S/C17H23F3IN3O2/c1-16(2)11-22(12-23(16)9-5-3-4-8-21)13-6-7-15(24(25)26)14(10-13)17(18,19)20/h6-7,10H,3-5,8-9,11-12H2,1-2H3. The van der Waals surface area contributed by atoms with Crippen molar-refractivity contribution >= 4 is 34.0 Å². The van der Waals surface area contributed by atoms with Crippen molar-refractivity contribution in [2.45, 2.75) is 44.8 Å². The summed E-state index contributed by atoms with van der Waals surface area (Å²) in [6.45, 7) is 6.13. The van der Waals surface area contributed by atoms with Gasteiger partial charge in [0.1, 0.15) is 5.56 Å². The second-order valence-electron chi connectivity index (χ2n) is 7.12. The molecule has 0 bridgehead atoms. The highest BCUT2D eigenvalue weighted by Gasteiger charge is 2.41. The van der Waals surface area contributed by atoms with Crippen LogP contribution in [0.2, 0.25) is 0 Å². The number of alkyl halides is 4. The monoisotopic (exact) mass is 485 g/mol. The zero-order valence-corrected chi connectivity index (χ0v) is 17.0. The molecule has 1 fully saturated rings. The van der Waals surface area contributed by atoms with E-state index in [1.165, 1.54) is 6.07 Å². The molecule has 1 aromatic carbocycles. The van der Waals surface area contributed by atoms with Gasteiger partial charge in [0.25, 0.3) is 5.69 Å². The van der Waals surface area contributed by atoms with E-state index in [-0.39, 0.29) is 5.54 Å². The van der Waals surface area contributed by atoms with Crippen LogP contribution in [0.4, 0.5) is 24.5 Å². The molecule has 0 amide bonds. The van der Waals surface area contributed by atoms with Crippen LogP contribution in [-0.2, 0) is 6.18 Å². The van der Waals surface area contributed by atoms with Crippen molar-refractivity contribution in [2.75, 3.05) is 29.1 Å². The van der Waals surface area contributed by atoms with Crippen LogP contribution >= 0.6 is 22.6 Å². The first kappa shape index (κ1) is 21.2. The van der Waals surface area contributed by atoms with Crippen LogP contribution < -0.4 is 4.90 Å². The molecule has 0 unspecified atom stereocenters. The van der Waals surface area contributed by atoms with Crippen LogP contribution in [0, 0.1) is 10.1 Å². The maximum absolute atomic E-state index is 13.2. The molecule has 0 radical (unpaired) electrons. The van der Waals surface area contributed by atoms with Crippen LogP contribution in [-0.4, -0.2) is 39.5 Å². The molecule has 5 nitrogen and oxygen atoms in total.